The third-order valence-corrected chi connectivity index (χ3v) is 4.86. The van der Waals surface area contributed by atoms with E-state index in [1.165, 1.54) is 20.0 Å². The van der Waals surface area contributed by atoms with Crippen molar-refractivity contribution in [3.63, 3.8) is 0 Å². The third-order valence-electron chi connectivity index (χ3n) is 3.28. The van der Waals surface area contributed by atoms with Gasteiger partial charge in [0.25, 0.3) is 0 Å². The second kappa shape index (κ2) is 6.07. The number of ether oxygens (including phenoxy) is 2. The molecule has 0 bridgehead atoms. The first-order chi connectivity index (χ1) is 8.20. The van der Waals surface area contributed by atoms with E-state index in [-0.39, 0.29) is 12.0 Å². The van der Waals surface area contributed by atoms with Gasteiger partial charge in [-0.05, 0) is 26.2 Å². The third kappa shape index (κ3) is 3.86. The minimum Gasteiger partial charge on any atom is -0.468 e. The number of rotatable bonds is 6. The molecule has 1 saturated carbocycles. The molecular formula is C12H21NO3S. The molecule has 98 valence electrons. The van der Waals surface area contributed by atoms with Crippen molar-refractivity contribution in [3.8, 4) is 0 Å². The van der Waals surface area contributed by atoms with Gasteiger partial charge in [0.1, 0.15) is 6.04 Å². The number of carbonyl (C=O) groups is 1. The molecule has 4 nitrogen and oxygen atoms in total. The van der Waals surface area contributed by atoms with E-state index in [4.69, 9.17) is 9.47 Å². The highest BCUT2D eigenvalue weighted by Crippen LogP contribution is 2.27. The lowest BCUT2D eigenvalue weighted by molar-refractivity contribution is -0.142. The van der Waals surface area contributed by atoms with E-state index in [1.54, 1.807) is 0 Å². The monoisotopic (exact) mass is 259 g/mol. The predicted octanol–water partition coefficient (Wildman–Crippen LogP) is 1.19. The lowest BCUT2D eigenvalue weighted by atomic mass is 10.3. The Labute approximate surface area is 107 Å². The van der Waals surface area contributed by atoms with Crippen LogP contribution in [0.3, 0.4) is 0 Å². The predicted molar refractivity (Wildman–Crippen MR) is 68.2 cm³/mol. The molecule has 0 spiro atoms. The summed E-state index contributed by atoms with van der Waals surface area (Å²) in [5.41, 5.74) is 0. The summed E-state index contributed by atoms with van der Waals surface area (Å²) in [5, 5.41) is 3.86. The molecule has 1 heterocycles. The molecule has 1 aliphatic carbocycles. The van der Waals surface area contributed by atoms with Crippen molar-refractivity contribution < 1.29 is 14.3 Å². The summed E-state index contributed by atoms with van der Waals surface area (Å²) in [6.45, 7) is 2.95. The average Bonchev–Trinajstić information content (AvgIpc) is 3.06. The standard InChI is InChI=1S/C12H21NO3S/c1-8-11(5-6-16-8)17-7-10(12(14)15-2)13-9-3-4-9/h8-11,13H,3-7H2,1-2H3. The Morgan fingerprint density at radius 3 is 2.82 bits per heavy atom. The van der Waals surface area contributed by atoms with Crippen molar-refractivity contribution in [2.24, 2.45) is 0 Å². The summed E-state index contributed by atoms with van der Waals surface area (Å²) in [5.74, 6) is 0.637. The topological polar surface area (TPSA) is 47.6 Å². The first kappa shape index (κ1) is 13.2. The van der Waals surface area contributed by atoms with Gasteiger partial charge in [0, 0.05) is 23.7 Å². The Balaban J connectivity index is 1.77. The molecule has 5 heteroatoms. The summed E-state index contributed by atoms with van der Waals surface area (Å²) in [6, 6.07) is 0.363. The molecule has 1 N–H and O–H groups in total. The second-order valence-corrected chi connectivity index (χ2v) is 6.03. The van der Waals surface area contributed by atoms with E-state index in [1.807, 2.05) is 11.8 Å². The van der Waals surface area contributed by atoms with Crippen molar-refractivity contribution in [1.29, 1.82) is 0 Å². The summed E-state index contributed by atoms with van der Waals surface area (Å²) in [6.07, 6.45) is 3.75. The second-order valence-electron chi connectivity index (χ2n) is 4.75. The minimum absolute atomic E-state index is 0.143. The highest BCUT2D eigenvalue weighted by atomic mass is 32.2. The van der Waals surface area contributed by atoms with Crippen molar-refractivity contribution in [2.75, 3.05) is 19.5 Å². The fourth-order valence-electron chi connectivity index (χ4n) is 2.01. The van der Waals surface area contributed by atoms with Crippen LogP contribution in [0.25, 0.3) is 0 Å². The number of methoxy groups -OCH3 is 1. The van der Waals surface area contributed by atoms with Gasteiger partial charge in [-0.2, -0.15) is 11.8 Å². The van der Waals surface area contributed by atoms with Crippen LogP contribution in [0.2, 0.25) is 0 Å². The number of hydrogen-bond acceptors (Lipinski definition) is 5. The molecule has 2 fully saturated rings. The van der Waals surface area contributed by atoms with Crippen LogP contribution >= 0.6 is 11.8 Å². The Hall–Kier alpha value is -0.260. The first-order valence-corrected chi connectivity index (χ1v) is 7.32. The zero-order valence-corrected chi connectivity index (χ0v) is 11.3. The maximum atomic E-state index is 11.6. The Kier molecular flexibility index (Phi) is 4.70. The van der Waals surface area contributed by atoms with Gasteiger partial charge >= 0.3 is 5.97 Å². The number of carbonyl (C=O) groups excluding carboxylic acids is 1. The SMILES string of the molecule is COC(=O)C(CSC1CCOC1C)NC1CC1. The smallest absolute Gasteiger partial charge is 0.323 e. The van der Waals surface area contributed by atoms with Crippen molar-refractivity contribution in [1.82, 2.24) is 5.32 Å². The Morgan fingerprint density at radius 1 is 1.53 bits per heavy atom. The minimum atomic E-state index is -0.162. The highest BCUT2D eigenvalue weighted by Gasteiger charge is 2.31. The van der Waals surface area contributed by atoms with Gasteiger partial charge in [-0.1, -0.05) is 0 Å². The summed E-state index contributed by atoms with van der Waals surface area (Å²) < 4.78 is 10.4. The molecule has 1 aliphatic heterocycles. The van der Waals surface area contributed by atoms with Crippen molar-refractivity contribution >= 4 is 17.7 Å². The maximum Gasteiger partial charge on any atom is 0.323 e. The fraction of sp³-hybridized carbons (Fsp3) is 0.917. The van der Waals surface area contributed by atoms with Gasteiger partial charge in [0.2, 0.25) is 0 Å². The van der Waals surface area contributed by atoms with Gasteiger partial charge in [0.05, 0.1) is 13.2 Å². The Morgan fingerprint density at radius 2 is 2.29 bits per heavy atom. The molecule has 3 unspecified atom stereocenters. The summed E-state index contributed by atoms with van der Waals surface area (Å²) in [7, 11) is 1.45. The van der Waals surface area contributed by atoms with Gasteiger partial charge in [-0.15, -0.1) is 0 Å². The molecule has 3 atom stereocenters. The zero-order valence-electron chi connectivity index (χ0n) is 10.5. The average molecular weight is 259 g/mol. The number of nitrogens with one attached hydrogen (secondary N) is 1. The maximum absolute atomic E-state index is 11.6. The summed E-state index contributed by atoms with van der Waals surface area (Å²) in [4.78, 5) is 11.6. The Bertz CT molecular complexity index is 270. The van der Waals surface area contributed by atoms with Gasteiger partial charge in [0.15, 0.2) is 0 Å². The lowest BCUT2D eigenvalue weighted by Crippen LogP contribution is -2.41. The van der Waals surface area contributed by atoms with Crippen LogP contribution in [-0.4, -0.2) is 48.9 Å². The molecule has 0 aromatic heterocycles. The quantitative estimate of drug-likeness (QED) is 0.726. The molecule has 1 saturated heterocycles. The molecule has 2 aliphatic rings. The van der Waals surface area contributed by atoms with Gasteiger partial charge in [-0.25, -0.2) is 0 Å². The summed E-state index contributed by atoms with van der Waals surface area (Å²) >= 11 is 1.83. The van der Waals surface area contributed by atoms with Gasteiger partial charge < -0.3 is 14.8 Å². The van der Waals surface area contributed by atoms with Crippen molar-refractivity contribution in [2.45, 2.75) is 49.6 Å². The molecule has 0 amide bonds. The first-order valence-electron chi connectivity index (χ1n) is 6.27. The van der Waals surface area contributed by atoms with Crippen LogP contribution in [-0.2, 0) is 14.3 Å². The van der Waals surface area contributed by atoms with Crippen LogP contribution in [0.4, 0.5) is 0 Å². The number of thioether (sulfide) groups is 1. The van der Waals surface area contributed by atoms with E-state index in [9.17, 15) is 4.79 Å². The fourth-order valence-corrected chi connectivity index (χ4v) is 3.30. The zero-order chi connectivity index (χ0) is 12.3. The molecule has 17 heavy (non-hydrogen) atoms. The van der Waals surface area contributed by atoms with E-state index in [0.717, 1.165) is 18.8 Å². The van der Waals surface area contributed by atoms with Crippen LogP contribution in [0.1, 0.15) is 26.2 Å². The van der Waals surface area contributed by atoms with E-state index >= 15 is 0 Å². The van der Waals surface area contributed by atoms with Crippen LogP contribution < -0.4 is 5.32 Å². The highest BCUT2D eigenvalue weighted by molar-refractivity contribution is 8.00. The molecule has 2 rings (SSSR count). The number of esters is 1. The lowest BCUT2D eigenvalue weighted by Gasteiger charge is -2.19. The molecule has 0 radical (unpaired) electrons. The van der Waals surface area contributed by atoms with Crippen LogP contribution in [0, 0.1) is 0 Å². The normalized spacial score (nSPS) is 30.2. The molecule has 0 aromatic rings. The molecule has 0 aromatic carbocycles. The van der Waals surface area contributed by atoms with E-state index in [0.29, 0.717) is 17.4 Å². The molecular weight excluding hydrogens is 238 g/mol. The van der Waals surface area contributed by atoms with Crippen LogP contribution in [0.5, 0.6) is 0 Å². The van der Waals surface area contributed by atoms with Gasteiger partial charge in [-0.3, -0.25) is 4.79 Å². The largest absolute Gasteiger partial charge is 0.468 e. The van der Waals surface area contributed by atoms with E-state index in [2.05, 4.69) is 12.2 Å². The van der Waals surface area contributed by atoms with E-state index < -0.39 is 0 Å². The number of hydrogen-bond donors (Lipinski definition) is 1. The van der Waals surface area contributed by atoms with Crippen molar-refractivity contribution in [3.05, 3.63) is 0 Å². The van der Waals surface area contributed by atoms with Crippen LogP contribution in [0.15, 0.2) is 0 Å².